The van der Waals surface area contributed by atoms with Crippen LogP contribution in [-0.4, -0.2) is 23.9 Å². The molecule has 1 unspecified atom stereocenters. The Morgan fingerprint density at radius 3 is 3.00 bits per heavy atom. The molecular formula is C11H16N4OS. The molecule has 17 heavy (non-hydrogen) atoms. The zero-order valence-electron chi connectivity index (χ0n) is 9.93. The molecule has 0 fully saturated rings. The van der Waals surface area contributed by atoms with E-state index in [2.05, 4.69) is 16.4 Å². The number of hydrogen-bond acceptors (Lipinski definition) is 5. The number of carbonyl (C=O) groups excluding carboxylic acids is 1. The molecule has 6 heteroatoms. The third kappa shape index (κ3) is 3.82. The normalized spacial score (nSPS) is 12.2. The summed E-state index contributed by atoms with van der Waals surface area (Å²) in [7, 11) is 1.96. The topological polar surface area (TPSA) is 82.2 Å². The first-order valence-electron chi connectivity index (χ1n) is 5.25. The highest BCUT2D eigenvalue weighted by Gasteiger charge is 2.12. The van der Waals surface area contributed by atoms with Crippen molar-refractivity contribution in [2.24, 2.45) is 5.84 Å². The minimum Gasteiger partial charge on any atom is -0.298 e. The lowest BCUT2D eigenvalue weighted by Gasteiger charge is -2.21. The quantitative estimate of drug-likeness (QED) is 0.467. The van der Waals surface area contributed by atoms with E-state index in [-0.39, 0.29) is 11.9 Å². The van der Waals surface area contributed by atoms with Gasteiger partial charge in [-0.15, -0.1) is 11.3 Å². The molecule has 1 heterocycles. The van der Waals surface area contributed by atoms with E-state index < -0.39 is 0 Å². The van der Waals surface area contributed by atoms with Crippen LogP contribution in [-0.2, 0) is 6.54 Å². The number of nitrogens with one attached hydrogen (secondary N) is 1. The van der Waals surface area contributed by atoms with Crippen molar-refractivity contribution in [1.29, 1.82) is 5.26 Å². The maximum atomic E-state index is 11.3. The fraction of sp³-hybridized carbons (Fsp3) is 0.455. The van der Waals surface area contributed by atoms with Crippen LogP contribution in [0.4, 0.5) is 0 Å². The predicted octanol–water partition coefficient (Wildman–Crippen LogP) is 1.09. The van der Waals surface area contributed by atoms with Crippen LogP contribution in [0, 0.1) is 11.3 Å². The lowest BCUT2D eigenvalue weighted by molar-refractivity contribution is 0.0957. The van der Waals surface area contributed by atoms with Gasteiger partial charge in [-0.2, -0.15) is 5.26 Å². The second-order valence-electron chi connectivity index (χ2n) is 3.87. The maximum Gasteiger partial charge on any atom is 0.275 e. The van der Waals surface area contributed by atoms with Gasteiger partial charge in [0.1, 0.15) is 0 Å². The average Bonchev–Trinajstić information content (AvgIpc) is 2.76. The molecule has 0 aliphatic rings. The van der Waals surface area contributed by atoms with Crippen molar-refractivity contribution >= 4 is 17.2 Å². The first-order chi connectivity index (χ1) is 8.08. The highest BCUT2D eigenvalue weighted by atomic mass is 32.1. The zero-order valence-corrected chi connectivity index (χ0v) is 10.8. The summed E-state index contributed by atoms with van der Waals surface area (Å²) in [4.78, 5) is 15.0. The Balaban J connectivity index is 2.60. The van der Waals surface area contributed by atoms with Gasteiger partial charge >= 0.3 is 0 Å². The summed E-state index contributed by atoms with van der Waals surface area (Å²) in [5.41, 5.74) is 2.11. The van der Waals surface area contributed by atoms with E-state index in [4.69, 9.17) is 11.1 Å². The molecule has 0 spiro atoms. The second kappa shape index (κ2) is 6.35. The number of nitrogen functional groups attached to an aromatic ring is 1. The molecule has 0 aromatic carbocycles. The van der Waals surface area contributed by atoms with Crippen LogP contribution in [0.3, 0.4) is 0 Å². The van der Waals surface area contributed by atoms with Crippen LogP contribution in [0.2, 0.25) is 0 Å². The number of carbonyl (C=O) groups is 1. The minimum absolute atomic E-state index is 0.203. The van der Waals surface area contributed by atoms with Crippen LogP contribution in [0.25, 0.3) is 0 Å². The summed E-state index contributed by atoms with van der Waals surface area (Å²) in [5, 5.41) is 8.62. The van der Waals surface area contributed by atoms with E-state index in [1.807, 2.05) is 20.0 Å². The van der Waals surface area contributed by atoms with Gasteiger partial charge in [-0.05, 0) is 26.1 Å². The fourth-order valence-corrected chi connectivity index (χ4v) is 2.32. The maximum absolute atomic E-state index is 11.3. The van der Waals surface area contributed by atoms with Gasteiger partial charge in [0.05, 0.1) is 17.4 Å². The Labute approximate surface area is 105 Å². The highest BCUT2D eigenvalue weighted by Crippen LogP contribution is 2.18. The summed E-state index contributed by atoms with van der Waals surface area (Å²) in [6.07, 6.45) is 0.498. The Morgan fingerprint density at radius 1 is 1.71 bits per heavy atom. The van der Waals surface area contributed by atoms with Crippen molar-refractivity contribution in [3.8, 4) is 6.07 Å². The molecule has 1 aromatic heterocycles. The molecule has 0 saturated carbocycles. The molecule has 0 saturated heterocycles. The van der Waals surface area contributed by atoms with Crippen molar-refractivity contribution in [1.82, 2.24) is 10.3 Å². The van der Waals surface area contributed by atoms with E-state index >= 15 is 0 Å². The first-order valence-corrected chi connectivity index (χ1v) is 6.07. The molecule has 3 N–H and O–H groups in total. The van der Waals surface area contributed by atoms with E-state index in [0.717, 1.165) is 11.4 Å². The summed E-state index contributed by atoms with van der Waals surface area (Å²) >= 11 is 1.41. The highest BCUT2D eigenvalue weighted by molar-refractivity contribution is 7.14. The number of thiophene rings is 1. The minimum atomic E-state index is -0.269. The molecule has 0 aliphatic heterocycles. The monoisotopic (exact) mass is 252 g/mol. The number of nitrogens with two attached hydrogens (primary N) is 1. The van der Waals surface area contributed by atoms with Crippen molar-refractivity contribution in [3.63, 3.8) is 0 Å². The van der Waals surface area contributed by atoms with Gasteiger partial charge in [0, 0.05) is 17.5 Å². The number of hydrazine groups is 1. The van der Waals surface area contributed by atoms with E-state index in [1.165, 1.54) is 11.3 Å². The summed E-state index contributed by atoms with van der Waals surface area (Å²) in [6.45, 7) is 2.73. The molecule has 1 amide bonds. The molecule has 1 atom stereocenters. The SMILES string of the molecule is CC(CC#N)N(C)Cc1ccc(C(=O)NN)s1. The van der Waals surface area contributed by atoms with Gasteiger partial charge in [0.2, 0.25) is 0 Å². The average molecular weight is 252 g/mol. The summed E-state index contributed by atoms with van der Waals surface area (Å²) in [6, 6.07) is 6.01. The Hall–Kier alpha value is -1.42. The van der Waals surface area contributed by atoms with Gasteiger partial charge in [-0.25, -0.2) is 5.84 Å². The molecule has 0 aliphatic carbocycles. The van der Waals surface area contributed by atoms with E-state index in [9.17, 15) is 4.79 Å². The van der Waals surface area contributed by atoms with Gasteiger partial charge in [0.25, 0.3) is 5.91 Å². The number of rotatable bonds is 5. The van der Waals surface area contributed by atoms with Crippen molar-refractivity contribution < 1.29 is 4.79 Å². The molecule has 1 aromatic rings. The Morgan fingerprint density at radius 2 is 2.41 bits per heavy atom. The molecular weight excluding hydrogens is 236 g/mol. The van der Waals surface area contributed by atoms with Gasteiger partial charge < -0.3 is 0 Å². The van der Waals surface area contributed by atoms with Crippen molar-refractivity contribution in [2.45, 2.75) is 25.9 Å². The largest absolute Gasteiger partial charge is 0.298 e. The Kier molecular flexibility index (Phi) is 5.10. The van der Waals surface area contributed by atoms with Crippen LogP contribution in [0.15, 0.2) is 12.1 Å². The van der Waals surface area contributed by atoms with Crippen molar-refractivity contribution in [2.75, 3.05) is 7.05 Å². The number of amides is 1. The zero-order chi connectivity index (χ0) is 12.8. The van der Waals surface area contributed by atoms with Crippen LogP contribution >= 0.6 is 11.3 Å². The second-order valence-corrected chi connectivity index (χ2v) is 5.03. The van der Waals surface area contributed by atoms with E-state index in [0.29, 0.717) is 11.3 Å². The molecule has 0 bridgehead atoms. The van der Waals surface area contributed by atoms with Gasteiger partial charge in [-0.3, -0.25) is 15.1 Å². The number of nitrogens with zero attached hydrogens (tertiary/aromatic N) is 2. The number of hydrogen-bond donors (Lipinski definition) is 2. The molecule has 1 rings (SSSR count). The van der Waals surface area contributed by atoms with Gasteiger partial charge in [0.15, 0.2) is 0 Å². The summed E-state index contributed by atoms with van der Waals surface area (Å²) < 4.78 is 0. The smallest absolute Gasteiger partial charge is 0.275 e. The molecule has 0 radical (unpaired) electrons. The molecule has 92 valence electrons. The Bertz CT molecular complexity index is 423. The third-order valence-corrected chi connectivity index (χ3v) is 3.63. The molecule has 5 nitrogen and oxygen atoms in total. The van der Waals surface area contributed by atoms with Gasteiger partial charge in [-0.1, -0.05) is 0 Å². The fourth-order valence-electron chi connectivity index (χ4n) is 1.35. The third-order valence-electron chi connectivity index (χ3n) is 2.56. The van der Waals surface area contributed by atoms with Crippen LogP contribution < -0.4 is 11.3 Å². The van der Waals surface area contributed by atoms with Crippen LogP contribution in [0.5, 0.6) is 0 Å². The van der Waals surface area contributed by atoms with Crippen LogP contribution in [0.1, 0.15) is 27.9 Å². The lowest BCUT2D eigenvalue weighted by atomic mass is 10.2. The van der Waals surface area contributed by atoms with E-state index in [1.54, 1.807) is 6.07 Å². The lowest BCUT2D eigenvalue weighted by Crippen LogP contribution is -2.29. The summed E-state index contributed by atoms with van der Waals surface area (Å²) in [5.74, 6) is 4.79. The predicted molar refractivity (Wildman–Crippen MR) is 67.1 cm³/mol. The number of nitriles is 1. The first kappa shape index (κ1) is 13.6. The van der Waals surface area contributed by atoms with Crippen molar-refractivity contribution in [3.05, 3.63) is 21.9 Å². The standard InChI is InChI=1S/C11H16N4OS/c1-8(5-6-12)15(2)7-9-3-4-10(17-9)11(16)14-13/h3-4,8H,5,7,13H2,1-2H3,(H,14,16).